The Balaban J connectivity index is 3.09. The molecule has 0 aliphatic heterocycles. The van der Waals surface area contributed by atoms with Crippen molar-refractivity contribution in [3.8, 4) is 11.5 Å². The van der Waals surface area contributed by atoms with Crippen LogP contribution in [0.1, 0.15) is 22.8 Å². The average molecular weight is 267 g/mol. The van der Waals surface area contributed by atoms with Crippen molar-refractivity contribution in [2.45, 2.75) is 20.0 Å². The zero-order valence-electron chi connectivity index (χ0n) is 12.1. The van der Waals surface area contributed by atoms with Crippen LogP contribution in [0.3, 0.4) is 0 Å². The Morgan fingerprint density at radius 1 is 1.32 bits per heavy atom. The molecule has 0 fully saturated rings. The van der Waals surface area contributed by atoms with E-state index in [1.54, 1.807) is 40.3 Å². The fourth-order valence-corrected chi connectivity index (χ4v) is 1.91. The number of ether oxygens (including phenoxy) is 2. The first-order valence-corrected chi connectivity index (χ1v) is 6.06. The van der Waals surface area contributed by atoms with Crippen molar-refractivity contribution >= 4 is 5.91 Å². The summed E-state index contributed by atoms with van der Waals surface area (Å²) in [7, 11) is 4.75. The molecule has 106 valence electrons. The molecule has 5 nitrogen and oxygen atoms in total. The van der Waals surface area contributed by atoms with Crippen LogP contribution < -0.4 is 9.47 Å². The highest BCUT2D eigenvalue weighted by Gasteiger charge is 2.17. The Bertz CT molecular complexity index is 432. The molecule has 0 spiro atoms. The zero-order chi connectivity index (χ0) is 14.6. The molecule has 19 heavy (non-hydrogen) atoms. The summed E-state index contributed by atoms with van der Waals surface area (Å²) in [5, 5.41) is 9.32. The molecule has 5 heteroatoms. The number of hydrogen-bond donors (Lipinski definition) is 1. The van der Waals surface area contributed by atoms with Crippen molar-refractivity contribution in [3.05, 3.63) is 23.3 Å². The smallest absolute Gasteiger partial charge is 0.253 e. The van der Waals surface area contributed by atoms with Crippen LogP contribution in [0.5, 0.6) is 11.5 Å². The van der Waals surface area contributed by atoms with E-state index in [0.29, 0.717) is 17.1 Å². The maximum absolute atomic E-state index is 12.2. The maximum Gasteiger partial charge on any atom is 0.253 e. The second kappa shape index (κ2) is 6.43. The highest BCUT2D eigenvalue weighted by Crippen LogP contribution is 2.29. The monoisotopic (exact) mass is 267 g/mol. The molecule has 0 aromatic heterocycles. The molecule has 0 radical (unpaired) electrons. The molecule has 1 amide bonds. The predicted molar refractivity (Wildman–Crippen MR) is 72.9 cm³/mol. The quantitative estimate of drug-likeness (QED) is 0.877. The predicted octanol–water partition coefficient (Wildman–Crippen LogP) is 1.47. The zero-order valence-corrected chi connectivity index (χ0v) is 12.1. The summed E-state index contributed by atoms with van der Waals surface area (Å²) in [6.07, 6.45) is -0.566. The third-order valence-electron chi connectivity index (χ3n) is 2.88. The van der Waals surface area contributed by atoms with Gasteiger partial charge in [0.25, 0.3) is 5.91 Å². The number of methoxy groups -OCH3 is 2. The topological polar surface area (TPSA) is 59.0 Å². The first-order valence-electron chi connectivity index (χ1n) is 6.06. The van der Waals surface area contributed by atoms with Crippen molar-refractivity contribution in [1.29, 1.82) is 0 Å². The number of rotatable bonds is 5. The van der Waals surface area contributed by atoms with E-state index in [1.807, 2.05) is 6.92 Å². The van der Waals surface area contributed by atoms with Gasteiger partial charge in [0.1, 0.15) is 11.5 Å². The molecule has 0 heterocycles. The van der Waals surface area contributed by atoms with Crippen molar-refractivity contribution in [2.24, 2.45) is 0 Å². The van der Waals surface area contributed by atoms with E-state index < -0.39 is 6.10 Å². The largest absolute Gasteiger partial charge is 0.496 e. The van der Waals surface area contributed by atoms with Crippen LogP contribution in [-0.2, 0) is 0 Å². The third kappa shape index (κ3) is 3.61. The van der Waals surface area contributed by atoms with Crippen LogP contribution in [0.15, 0.2) is 12.1 Å². The van der Waals surface area contributed by atoms with Crippen LogP contribution in [-0.4, -0.2) is 49.8 Å². The van der Waals surface area contributed by atoms with E-state index in [9.17, 15) is 9.90 Å². The number of carbonyl (C=O) groups is 1. The molecule has 1 unspecified atom stereocenters. The molecular formula is C14H21NO4. The van der Waals surface area contributed by atoms with Gasteiger partial charge < -0.3 is 19.5 Å². The van der Waals surface area contributed by atoms with Crippen LogP contribution >= 0.6 is 0 Å². The third-order valence-corrected chi connectivity index (χ3v) is 2.88. The minimum absolute atomic E-state index is 0.183. The highest BCUT2D eigenvalue weighted by molar-refractivity contribution is 5.95. The first-order chi connectivity index (χ1) is 8.90. The van der Waals surface area contributed by atoms with E-state index in [1.165, 1.54) is 4.90 Å². The number of aliphatic hydroxyl groups excluding tert-OH is 1. The van der Waals surface area contributed by atoms with Crippen LogP contribution in [0.25, 0.3) is 0 Å². The molecular weight excluding hydrogens is 246 g/mol. The van der Waals surface area contributed by atoms with Gasteiger partial charge in [-0.1, -0.05) is 0 Å². The number of likely N-dealkylation sites (N-methyl/N-ethyl adjacent to an activating group) is 1. The summed E-state index contributed by atoms with van der Waals surface area (Å²) in [5.41, 5.74) is 1.32. The van der Waals surface area contributed by atoms with Gasteiger partial charge in [-0.05, 0) is 26.0 Å². The average Bonchev–Trinajstić information content (AvgIpc) is 2.37. The second-order valence-corrected chi connectivity index (χ2v) is 4.54. The summed E-state index contributed by atoms with van der Waals surface area (Å²) < 4.78 is 10.5. The van der Waals surface area contributed by atoms with E-state index >= 15 is 0 Å². The van der Waals surface area contributed by atoms with Gasteiger partial charge in [-0.15, -0.1) is 0 Å². The fraction of sp³-hybridized carbons (Fsp3) is 0.500. The van der Waals surface area contributed by atoms with Gasteiger partial charge in [0.15, 0.2) is 0 Å². The minimum atomic E-state index is -0.566. The lowest BCUT2D eigenvalue weighted by atomic mass is 10.1. The van der Waals surface area contributed by atoms with Gasteiger partial charge in [0.2, 0.25) is 0 Å². The van der Waals surface area contributed by atoms with Crippen LogP contribution in [0.2, 0.25) is 0 Å². The van der Waals surface area contributed by atoms with Gasteiger partial charge in [-0.25, -0.2) is 0 Å². The van der Waals surface area contributed by atoms with Crippen molar-refractivity contribution in [1.82, 2.24) is 4.90 Å². The van der Waals surface area contributed by atoms with Gasteiger partial charge in [0.05, 0.1) is 20.3 Å². The maximum atomic E-state index is 12.2. The highest BCUT2D eigenvalue weighted by atomic mass is 16.5. The summed E-state index contributed by atoms with van der Waals surface area (Å²) in [6.45, 7) is 3.78. The van der Waals surface area contributed by atoms with Gasteiger partial charge in [0, 0.05) is 24.7 Å². The Morgan fingerprint density at radius 3 is 2.16 bits per heavy atom. The van der Waals surface area contributed by atoms with E-state index in [0.717, 1.165) is 5.56 Å². The number of benzene rings is 1. The standard InChI is InChI=1S/C14H21NO4/c1-9(16)8-15(3)14(17)11-6-12(18-4)10(2)13(7-11)19-5/h6-7,9,16H,8H2,1-5H3. The van der Waals surface area contributed by atoms with Crippen molar-refractivity contribution < 1.29 is 19.4 Å². The summed E-state index contributed by atoms with van der Waals surface area (Å²) >= 11 is 0. The summed E-state index contributed by atoms with van der Waals surface area (Å²) in [4.78, 5) is 13.7. The van der Waals surface area contributed by atoms with Crippen LogP contribution in [0, 0.1) is 6.92 Å². The van der Waals surface area contributed by atoms with Crippen LogP contribution in [0.4, 0.5) is 0 Å². The lowest BCUT2D eigenvalue weighted by molar-refractivity contribution is 0.0703. The Hall–Kier alpha value is -1.75. The molecule has 1 N–H and O–H groups in total. The second-order valence-electron chi connectivity index (χ2n) is 4.54. The summed E-state index contributed by atoms with van der Waals surface area (Å²) in [6, 6.07) is 3.36. The molecule has 0 bridgehead atoms. The number of nitrogens with zero attached hydrogens (tertiary/aromatic N) is 1. The Labute approximate surface area is 113 Å². The summed E-state index contributed by atoms with van der Waals surface area (Å²) in [5.74, 6) is 1.03. The molecule has 1 aromatic rings. The Kier molecular flexibility index (Phi) is 5.18. The molecule has 0 saturated carbocycles. The molecule has 1 aromatic carbocycles. The normalized spacial score (nSPS) is 11.9. The molecule has 0 saturated heterocycles. The van der Waals surface area contributed by atoms with E-state index in [2.05, 4.69) is 0 Å². The lowest BCUT2D eigenvalue weighted by Crippen LogP contribution is -2.33. The van der Waals surface area contributed by atoms with E-state index in [-0.39, 0.29) is 12.5 Å². The molecule has 1 rings (SSSR count). The minimum Gasteiger partial charge on any atom is -0.496 e. The molecule has 1 atom stereocenters. The van der Waals surface area contributed by atoms with E-state index in [4.69, 9.17) is 9.47 Å². The van der Waals surface area contributed by atoms with Gasteiger partial charge >= 0.3 is 0 Å². The Morgan fingerprint density at radius 2 is 1.79 bits per heavy atom. The van der Waals surface area contributed by atoms with Gasteiger partial charge in [-0.2, -0.15) is 0 Å². The van der Waals surface area contributed by atoms with Crippen molar-refractivity contribution in [2.75, 3.05) is 27.8 Å². The lowest BCUT2D eigenvalue weighted by Gasteiger charge is -2.20. The fourth-order valence-electron chi connectivity index (χ4n) is 1.91. The first kappa shape index (κ1) is 15.3. The molecule has 0 aliphatic rings. The number of aliphatic hydroxyl groups is 1. The number of hydrogen-bond acceptors (Lipinski definition) is 4. The SMILES string of the molecule is COc1cc(C(=O)N(C)CC(C)O)cc(OC)c1C. The molecule has 0 aliphatic carbocycles. The van der Waals surface area contributed by atoms with Gasteiger partial charge in [-0.3, -0.25) is 4.79 Å². The number of amides is 1. The number of carbonyl (C=O) groups excluding carboxylic acids is 1. The van der Waals surface area contributed by atoms with Crippen molar-refractivity contribution in [3.63, 3.8) is 0 Å².